The predicted molar refractivity (Wildman–Crippen MR) is 344 cm³/mol. The van der Waals surface area contributed by atoms with Gasteiger partial charge >= 0.3 is 306 Å². The molecule has 0 bridgehead atoms. The van der Waals surface area contributed by atoms with Crippen LogP contribution in [0.4, 0.5) is 34.3 Å². The third-order valence-electron chi connectivity index (χ3n) is 15.8. The first-order valence-electron chi connectivity index (χ1n) is 30.6. The Bertz CT molecular complexity index is 4890. The second-order valence-corrected chi connectivity index (χ2v) is 23.0. The molecule has 6 nitrogen and oxygen atoms in total. The maximum absolute atomic E-state index is 8.97. The van der Waals surface area contributed by atoms with Crippen LogP contribution in [0.5, 0.6) is 11.5 Å². The number of hydrogen-bond acceptors (Lipinski definition) is 4. The van der Waals surface area contributed by atoms with Crippen LogP contribution < -0.4 is 14.5 Å². The third kappa shape index (κ3) is 9.49. The number of nitrogens with zero attached hydrogens (tertiary/aromatic N) is 5. The molecular formula is C77H59N5OPt. The molecule has 0 N–H and O–H groups in total. The Morgan fingerprint density at radius 3 is 1.52 bits per heavy atom. The fourth-order valence-electron chi connectivity index (χ4n) is 11.8. The van der Waals surface area contributed by atoms with Crippen LogP contribution in [-0.2, 0) is 24.8 Å². The van der Waals surface area contributed by atoms with Crippen LogP contribution in [0.3, 0.4) is 0 Å². The number of rotatable bonds is 9. The Hall–Kier alpha value is -9.87. The number of aromatic nitrogens is 3. The van der Waals surface area contributed by atoms with Crippen molar-refractivity contribution in [1.82, 2.24) is 14.1 Å². The van der Waals surface area contributed by atoms with Crippen molar-refractivity contribution in [3.63, 3.8) is 0 Å². The van der Waals surface area contributed by atoms with Crippen molar-refractivity contribution < 1.29 is 30.9 Å². The zero-order chi connectivity index (χ0) is 61.2. The fourth-order valence-corrected chi connectivity index (χ4v) is 12.9. The normalized spacial score (nSPS) is 12.9. The Kier molecular flexibility index (Phi) is 12.1. The topological polar surface area (TPSA) is 38.5 Å². The summed E-state index contributed by atoms with van der Waals surface area (Å²) in [6.45, 7) is 8.60. The van der Waals surface area contributed by atoms with Crippen molar-refractivity contribution in [2.45, 2.75) is 33.1 Å². The summed E-state index contributed by atoms with van der Waals surface area (Å²) in [6.07, 6.45) is 1.63. The van der Waals surface area contributed by atoms with Gasteiger partial charge in [-0.05, 0) is 53.3 Å². The number of para-hydroxylation sites is 6. The van der Waals surface area contributed by atoms with Gasteiger partial charge in [-0.3, -0.25) is 0 Å². The monoisotopic (exact) mass is 1270 g/mol. The van der Waals surface area contributed by atoms with Gasteiger partial charge in [-0.15, -0.1) is 0 Å². The van der Waals surface area contributed by atoms with Gasteiger partial charge in [0.05, 0.1) is 12.5 Å². The molecule has 0 amide bonds. The van der Waals surface area contributed by atoms with Crippen LogP contribution in [0.2, 0.25) is 0 Å². The van der Waals surface area contributed by atoms with Gasteiger partial charge < -0.3 is 4.90 Å². The standard InChI is InChI=1S/C77H59N5O.Pt/c1-53-48-75(78-51-68(53)56-28-12-7-13-29-56)82-71-39-19-16-33-65(71)64-32-14-17-37-69(64)81(58-44-42-57(43-45-58)77(2,3)4)70-38-18-15-34-66(70)67-47-46-61(50-74(67)82)83-60-31-22-30-59(49-60)79-52-80(73-41-21-20-40-72(73)79)76-62(54-24-8-5-9-25-54)35-23-36-63(76)55-26-10-6-11-27-55;/h5-51H,1-4H3;/i7D,12D,13D,28D,29D;. The number of benzene rings is 11. The molecule has 3 heterocycles. The third-order valence-corrected chi connectivity index (χ3v) is 16.8. The van der Waals surface area contributed by atoms with E-state index in [1.807, 2.05) is 37.3 Å². The van der Waals surface area contributed by atoms with E-state index in [0.717, 1.165) is 99.2 Å². The van der Waals surface area contributed by atoms with Crippen molar-refractivity contribution in [2.24, 2.45) is 0 Å². The molecule has 408 valence electrons. The summed E-state index contributed by atoms with van der Waals surface area (Å²) in [6, 6.07) is 85.2. The van der Waals surface area contributed by atoms with E-state index in [9.17, 15) is 0 Å². The van der Waals surface area contributed by atoms with E-state index in [1.54, 1.807) is 6.20 Å². The van der Waals surface area contributed by atoms with E-state index >= 15 is 0 Å². The molecule has 0 unspecified atom stereocenters. The van der Waals surface area contributed by atoms with Gasteiger partial charge in [0.1, 0.15) is 0 Å². The van der Waals surface area contributed by atoms with Gasteiger partial charge in [-0.1, -0.05) is 112 Å². The molecule has 11 aromatic carbocycles. The summed E-state index contributed by atoms with van der Waals surface area (Å²) in [4.78, 5) is 9.75. The number of hydrogen-bond donors (Lipinski definition) is 0. The molecule has 0 radical (unpaired) electrons. The summed E-state index contributed by atoms with van der Waals surface area (Å²) in [7, 11) is 0. The van der Waals surface area contributed by atoms with E-state index in [2.05, 4.69) is 277 Å². The minimum absolute atomic E-state index is 0.0532. The van der Waals surface area contributed by atoms with Crippen LogP contribution in [0, 0.1) is 10.7 Å². The summed E-state index contributed by atoms with van der Waals surface area (Å²) < 4.78 is 56.3. The molecule has 13 aromatic rings. The molecule has 1 aliphatic rings. The Morgan fingerprint density at radius 1 is 0.417 bits per heavy atom. The summed E-state index contributed by atoms with van der Waals surface area (Å²) >= 11 is 2.48. The molecule has 0 saturated heterocycles. The fraction of sp³-hybridized carbons (Fsp3) is 0.0649. The predicted octanol–water partition coefficient (Wildman–Crippen LogP) is 20.9. The summed E-state index contributed by atoms with van der Waals surface area (Å²) in [5.41, 5.74) is 19.2. The number of fused-ring (bicyclic) bond motifs is 7. The van der Waals surface area contributed by atoms with E-state index in [4.69, 9.17) is 16.6 Å². The molecule has 0 saturated carbocycles. The molecule has 0 atom stereocenters. The number of imidazole rings is 1. The van der Waals surface area contributed by atoms with Crippen LogP contribution >= 0.6 is 0 Å². The quantitative estimate of drug-likeness (QED) is 0.144. The molecule has 0 fully saturated rings. The van der Waals surface area contributed by atoms with Crippen LogP contribution in [0.15, 0.2) is 285 Å². The second-order valence-electron chi connectivity index (χ2n) is 22.0. The van der Waals surface area contributed by atoms with Crippen molar-refractivity contribution in [3.05, 3.63) is 300 Å². The number of aryl methyl sites for hydroxylation is 1. The Balaban J connectivity index is 0.965. The van der Waals surface area contributed by atoms with Crippen molar-refractivity contribution in [3.8, 4) is 78.5 Å². The van der Waals surface area contributed by atoms with Crippen LogP contribution in [0.1, 0.15) is 38.8 Å². The first kappa shape index (κ1) is 46.7. The van der Waals surface area contributed by atoms with Gasteiger partial charge in [0, 0.05) is 23.0 Å². The van der Waals surface area contributed by atoms with Crippen molar-refractivity contribution in [1.29, 1.82) is 0 Å². The molecule has 2 aromatic heterocycles. The first-order valence-corrected chi connectivity index (χ1v) is 29.2. The van der Waals surface area contributed by atoms with E-state index < -0.39 is 18.1 Å². The van der Waals surface area contributed by atoms with E-state index in [-0.39, 0.29) is 23.1 Å². The van der Waals surface area contributed by atoms with E-state index in [0.29, 0.717) is 28.4 Å². The molecule has 0 spiro atoms. The van der Waals surface area contributed by atoms with Gasteiger partial charge in [0.15, 0.2) is 0 Å². The van der Waals surface area contributed by atoms with Gasteiger partial charge in [0.25, 0.3) is 0 Å². The molecule has 0 aliphatic carbocycles. The second kappa shape index (κ2) is 21.8. The zero-order valence-corrected chi connectivity index (χ0v) is 49.0. The van der Waals surface area contributed by atoms with Crippen molar-refractivity contribution in [2.75, 3.05) is 9.80 Å². The van der Waals surface area contributed by atoms with E-state index in [1.165, 1.54) is 5.56 Å². The first-order chi connectivity index (χ1) is 43.2. The smallest absolute Gasteiger partial charge is 0.0616 e. The van der Waals surface area contributed by atoms with Gasteiger partial charge in [-0.25, -0.2) is 0 Å². The number of anilines is 6. The minimum Gasteiger partial charge on any atom is -0.0616 e. The zero-order valence-electron chi connectivity index (χ0n) is 51.7. The number of ether oxygens (including phenoxy) is 1. The Morgan fingerprint density at radius 2 is 0.929 bits per heavy atom. The van der Waals surface area contributed by atoms with Gasteiger partial charge in [-0.2, -0.15) is 0 Å². The molecule has 14 rings (SSSR count). The SMILES string of the molecule is [2H]c1c([2H])c([2H])c(-c2cnc(N3c4ccccc4-c4ccccc4N(c4ccc(C(C)(C)C)cc4)c4ccccc4-c4ccc(Oc5cccc(-n6[c](=[Pt])n(-c7c(-c8ccccc8)cccc7-c7ccccc7)c7ccccc76)c5)cc43)cc2C)c([2H])c1[2H]. The van der Waals surface area contributed by atoms with Crippen LogP contribution in [-0.4, -0.2) is 14.1 Å². The molecule has 1 aliphatic heterocycles. The molecule has 84 heavy (non-hydrogen) atoms. The van der Waals surface area contributed by atoms with Crippen LogP contribution in [0.25, 0.3) is 78.0 Å². The Labute approximate surface area is 508 Å². The number of pyridine rings is 1. The average Bonchev–Trinajstić information content (AvgIpc) is 1.78. The van der Waals surface area contributed by atoms with Crippen molar-refractivity contribution >= 4 is 45.3 Å². The minimum atomic E-state index is -0.447. The van der Waals surface area contributed by atoms with Gasteiger partial charge in [0.2, 0.25) is 0 Å². The maximum atomic E-state index is 8.97. The summed E-state index contributed by atoms with van der Waals surface area (Å²) in [5.74, 6) is 1.75. The summed E-state index contributed by atoms with van der Waals surface area (Å²) in [5, 5.41) is 0. The average molecular weight is 1270 g/mol. The molecular weight excluding hydrogens is 1210 g/mol. The molecule has 7 heteroatoms.